The summed E-state index contributed by atoms with van der Waals surface area (Å²) in [5, 5.41) is 0. The van der Waals surface area contributed by atoms with Crippen LogP contribution in [0.2, 0.25) is 0 Å². The fourth-order valence-electron chi connectivity index (χ4n) is 7.43. The van der Waals surface area contributed by atoms with Crippen LogP contribution in [0.5, 0.6) is 0 Å². The molecule has 0 radical (unpaired) electrons. The summed E-state index contributed by atoms with van der Waals surface area (Å²) < 4.78 is 0. The maximum atomic E-state index is 2.74. The molecule has 3 fully saturated rings. The molecule has 180 valence electrons. The average molecular weight is 429 g/mol. The minimum Gasteiger partial charge on any atom is -0.0822 e. The van der Waals surface area contributed by atoms with Crippen LogP contribution in [0.15, 0.2) is 11.6 Å². The van der Waals surface area contributed by atoms with Gasteiger partial charge >= 0.3 is 0 Å². The second-order valence-corrected chi connectivity index (χ2v) is 12.2. The molecule has 0 amide bonds. The number of unbranched alkanes of at least 4 members (excludes halogenated alkanes) is 2. The van der Waals surface area contributed by atoms with Crippen molar-refractivity contribution in [2.45, 2.75) is 149 Å². The summed E-state index contributed by atoms with van der Waals surface area (Å²) >= 11 is 0. The van der Waals surface area contributed by atoms with Crippen molar-refractivity contribution >= 4 is 0 Å². The standard InChI is InChI=1S/C31H56/c1-4-6-7-9-27-16-18-30(19-17-27)24-25(3)31-22-20-29(21-23-31)15-14-28-12-10-26(8-5-2)11-13-28/h24,26-31H,4-23H2,1-3H3/b25-24+. The lowest BCUT2D eigenvalue weighted by Crippen LogP contribution is -2.19. The largest absolute Gasteiger partial charge is 0.0822 e. The molecule has 0 N–H and O–H groups in total. The molecule has 0 aliphatic heterocycles. The van der Waals surface area contributed by atoms with Crippen LogP contribution in [-0.4, -0.2) is 0 Å². The molecule has 0 aromatic heterocycles. The van der Waals surface area contributed by atoms with Crippen molar-refractivity contribution < 1.29 is 0 Å². The number of hydrogen-bond acceptors (Lipinski definition) is 0. The summed E-state index contributed by atoms with van der Waals surface area (Å²) in [5.74, 6) is 6.07. The van der Waals surface area contributed by atoms with Gasteiger partial charge in [0.1, 0.15) is 0 Å². The van der Waals surface area contributed by atoms with Crippen molar-refractivity contribution in [3.8, 4) is 0 Å². The molecule has 0 unspecified atom stereocenters. The molecular formula is C31H56. The lowest BCUT2D eigenvalue weighted by atomic mass is 9.73. The summed E-state index contributed by atoms with van der Waals surface area (Å²) in [6.45, 7) is 7.17. The van der Waals surface area contributed by atoms with Gasteiger partial charge in [-0.2, -0.15) is 0 Å². The molecule has 3 saturated carbocycles. The smallest absolute Gasteiger partial charge is 0.0206 e. The maximum absolute atomic E-state index is 2.74. The number of allylic oxidation sites excluding steroid dienone is 2. The van der Waals surface area contributed by atoms with Crippen molar-refractivity contribution in [3.05, 3.63) is 11.6 Å². The first kappa shape index (κ1) is 25.4. The van der Waals surface area contributed by atoms with E-state index in [2.05, 4.69) is 26.8 Å². The zero-order chi connectivity index (χ0) is 21.9. The third-order valence-corrected chi connectivity index (χ3v) is 9.74. The van der Waals surface area contributed by atoms with Crippen LogP contribution in [0.25, 0.3) is 0 Å². The molecule has 0 aromatic carbocycles. The van der Waals surface area contributed by atoms with Crippen LogP contribution >= 0.6 is 0 Å². The van der Waals surface area contributed by atoms with Crippen molar-refractivity contribution in [3.63, 3.8) is 0 Å². The minimum absolute atomic E-state index is 0.906. The quantitative estimate of drug-likeness (QED) is 0.227. The molecule has 3 aliphatic carbocycles. The van der Waals surface area contributed by atoms with E-state index in [9.17, 15) is 0 Å². The Kier molecular flexibility index (Phi) is 11.5. The predicted octanol–water partition coefficient (Wildman–Crippen LogP) is 10.5. The molecule has 3 aliphatic rings. The van der Waals surface area contributed by atoms with Gasteiger partial charge < -0.3 is 0 Å². The second-order valence-electron chi connectivity index (χ2n) is 12.2. The van der Waals surface area contributed by atoms with Crippen molar-refractivity contribution in [1.82, 2.24) is 0 Å². The van der Waals surface area contributed by atoms with E-state index >= 15 is 0 Å². The van der Waals surface area contributed by atoms with E-state index < -0.39 is 0 Å². The van der Waals surface area contributed by atoms with Gasteiger partial charge in [0.05, 0.1) is 0 Å². The van der Waals surface area contributed by atoms with E-state index in [0.29, 0.717) is 0 Å². The molecule has 3 rings (SSSR count). The lowest BCUT2D eigenvalue weighted by molar-refractivity contribution is 0.219. The van der Waals surface area contributed by atoms with Crippen LogP contribution in [0.1, 0.15) is 149 Å². The molecule has 0 heteroatoms. The first-order valence-electron chi connectivity index (χ1n) is 14.9. The molecule has 0 aromatic rings. The van der Waals surface area contributed by atoms with E-state index in [4.69, 9.17) is 0 Å². The molecular weight excluding hydrogens is 372 g/mol. The van der Waals surface area contributed by atoms with Crippen LogP contribution in [0.4, 0.5) is 0 Å². The van der Waals surface area contributed by atoms with Gasteiger partial charge in [-0.15, -0.1) is 0 Å². The molecule has 0 nitrogen and oxygen atoms in total. The predicted molar refractivity (Wildman–Crippen MR) is 138 cm³/mol. The highest BCUT2D eigenvalue weighted by molar-refractivity contribution is 5.07. The lowest BCUT2D eigenvalue weighted by Gasteiger charge is -2.33. The zero-order valence-corrected chi connectivity index (χ0v) is 21.7. The molecule has 0 heterocycles. The highest BCUT2D eigenvalue weighted by Gasteiger charge is 2.26. The average Bonchev–Trinajstić information content (AvgIpc) is 2.80. The van der Waals surface area contributed by atoms with Crippen molar-refractivity contribution in [2.24, 2.45) is 35.5 Å². The van der Waals surface area contributed by atoms with Gasteiger partial charge in [-0.05, 0) is 93.8 Å². The first-order valence-corrected chi connectivity index (χ1v) is 14.9. The van der Waals surface area contributed by atoms with Gasteiger partial charge in [0.15, 0.2) is 0 Å². The summed E-state index contributed by atoms with van der Waals surface area (Å²) in [5.41, 5.74) is 1.77. The molecule has 31 heavy (non-hydrogen) atoms. The Hall–Kier alpha value is -0.260. The monoisotopic (exact) mass is 428 g/mol. The fourth-order valence-corrected chi connectivity index (χ4v) is 7.43. The van der Waals surface area contributed by atoms with Gasteiger partial charge in [-0.3, -0.25) is 0 Å². The Labute approximate surface area is 196 Å². The SMILES string of the molecule is CCCCCC1CCC(/C=C(\C)C2CCC(CCC3CCC(CCC)CC3)CC2)CC1. The molecule has 0 spiro atoms. The summed E-state index contributed by atoms with van der Waals surface area (Å²) in [7, 11) is 0. The Morgan fingerprint density at radius 2 is 1.03 bits per heavy atom. The third-order valence-electron chi connectivity index (χ3n) is 9.74. The Balaban J connectivity index is 1.29. The zero-order valence-electron chi connectivity index (χ0n) is 21.7. The molecule has 0 bridgehead atoms. The third kappa shape index (κ3) is 8.89. The van der Waals surface area contributed by atoms with Gasteiger partial charge in [0.25, 0.3) is 0 Å². The highest BCUT2D eigenvalue weighted by Crippen LogP contribution is 2.40. The van der Waals surface area contributed by atoms with Crippen molar-refractivity contribution in [1.29, 1.82) is 0 Å². The van der Waals surface area contributed by atoms with E-state index in [1.165, 1.54) is 103 Å². The van der Waals surface area contributed by atoms with Gasteiger partial charge in [-0.1, -0.05) is 103 Å². The van der Waals surface area contributed by atoms with Crippen LogP contribution in [0.3, 0.4) is 0 Å². The minimum atomic E-state index is 0.906. The van der Waals surface area contributed by atoms with E-state index in [0.717, 1.165) is 35.5 Å². The van der Waals surface area contributed by atoms with Gasteiger partial charge in [-0.25, -0.2) is 0 Å². The Morgan fingerprint density at radius 1 is 0.548 bits per heavy atom. The van der Waals surface area contributed by atoms with Gasteiger partial charge in [0, 0.05) is 0 Å². The summed E-state index contributed by atoms with van der Waals surface area (Å²) in [6.07, 6.45) is 32.7. The summed E-state index contributed by atoms with van der Waals surface area (Å²) in [4.78, 5) is 0. The topological polar surface area (TPSA) is 0 Å². The maximum Gasteiger partial charge on any atom is -0.0206 e. The Bertz CT molecular complexity index is 478. The first-order chi connectivity index (χ1) is 15.2. The van der Waals surface area contributed by atoms with E-state index in [1.807, 2.05) is 0 Å². The fraction of sp³-hybridized carbons (Fsp3) is 0.935. The van der Waals surface area contributed by atoms with Crippen LogP contribution in [-0.2, 0) is 0 Å². The normalized spacial score (nSPS) is 35.3. The number of rotatable bonds is 11. The van der Waals surface area contributed by atoms with Gasteiger partial charge in [0.2, 0.25) is 0 Å². The Morgan fingerprint density at radius 3 is 1.58 bits per heavy atom. The van der Waals surface area contributed by atoms with E-state index in [1.54, 1.807) is 31.3 Å². The van der Waals surface area contributed by atoms with Crippen LogP contribution < -0.4 is 0 Å². The summed E-state index contributed by atoms with van der Waals surface area (Å²) in [6, 6.07) is 0. The molecule has 0 atom stereocenters. The van der Waals surface area contributed by atoms with E-state index in [-0.39, 0.29) is 0 Å². The highest BCUT2D eigenvalue weighted by atomic mass is 14.3. The van der Waals surface area contributed by atoms with Crippen molar-refractivity contribution in [2.75, 3.05) is 0 Å². The van der Waals surface area contributed by atoms with Crippen LogP contribution in [0, 0.1) is 35.5 Å². The number of hydrogen-bond donors (Lipinski definition) is 0. The molecule has 0 saturated heterocycles. The second kappa shape index (κ2) is 14.1.